The quantitative estimate of drug-likeness (QED) is 0.377. The zero-order valence-corrected chi connectivity index (χ0v) is 18.3. The normalized spacial score (nSPS) is 18.3. The van der Waals surface area contributed by atoms with E-state index in [2.05, 4.69) is 15.9 Å². The van der Waals surface area contributed by atoms with Crippen LogP contribution in [-0.2, 0) is 9.59 Å². The van der Waals surface area contributed by atoms with Gasteiger partial charge in [0.2, 0.25) is 0 Å². The van der Waals surface area contributed by atoms with Gasteiger partial charge in [0.25, 0.3) is 11.7 Å². The summed E-state index contributed by atoms with van der Waals surface area (Å²) in [4.78, 5) is 27.3. The summed E-state index contributed by atoms with van der Waals surface area (Å²) in [5.41, 5.74) is 2.41. The Kier molecular flexibility index (Phi) is 6.42. The molecule has 0 radical (unpaired) electrons. The largest absolute Gasteiger partial charge is 0.507 e. The van der Waals surface area contributed by atoms with Crippen molar-refractivity contribution in [3.05, 3.63) is 69.2 Å². The number of hydrogen-bond donors (Lipinski definition) is 1. The number of carbonyl (C=O) groups is 2. The SMILES string of the molecule is CCCCN1C(=O)C(=O)/C(=C(\O)c2ccc(OC)c(Br)c2)C1c1cccc(C)c1. The van der Waals surface area contributed by atoms with Crippen LogP contribution in [0.15, 0.2) is 52.5 Å². The molecule has 1 atom stereocenters. The van der Waals surface area contributed by atoms with Crippen molar-refractivity contribution in [2.24, 2.45) is 0 Å². The molecule has 152 valence electrons. The summed E-state index contributed by atoms with van der Waals surface area (Å²) >= 11 is 3.41. The van der Waals surface area contributed by atoms with Crippen molar-refractivity contribution in [1.82, 2.24) is 4.90 Å². The number of hydrogen-bond acceptors (Lipinski definition) is 4. The van der Waals surface area contributed by atoms with Crippen molar-refractivity contribution in [1.29, 1.82) is 0 Å². The van der Waals surface area contributed by atoms with Crippen LogP contribution in [-0.4, -0.2) is 35.4 Å². The smallest absolute Gasteiger partial charge is 0.295 e. The third-order valence-corrected chi connectivity index (χ3v) is 5.70. The lowest BCUT2D eigenvalue weighted by Crippen LogP contribution is -2.30. The highest BCUT2D eigenvalue weighted by atomic mass is 79.9. The Morgan fingerprint density at radius 2 is 1.97 bits per heavy atom. The number of aliphatic hydroxyl groups excluding tert-OH is 1. The molecule has 3 rings (SSSR count). The number of carbonyl (C=O) groups excluding carboxylic acids is 2. The van der Waals surface area contributed by atoms with E-state index < -0.39 is 17.7 Å². The Morgan fingerprint density at radius 3 is 2.59 bits per heavy atom. The van der Waals surface area contributed by atoms with Gasteiger partial charge < -0.3 is 14.7 Å². The van der Waals surface area contributed by atoms with E-state index in [1.807, 2.05) is 38.1 Å². The maximum absolute atomic E-state index is 12.9. The lowest BCUT2D eigenvalue weighted by Gasteiger charge is -2.25. The Hall–Kier alpha value is -2.60. The summed E-state index contributed by atoms with van der Waals surface area (Å²) in [6.07, 6.45) is 1.68. The summed E-state index contributed by atoms with van der Waals surface area (Å²) in [6.45, 7) is 4.46. The predicted molar refractivity (Wildman–Crippen MR) is 116 cm³/mol. The number of ether oxygens (including phenoxy) is 1. The summed E-state index contributed by atoms with van der Waals surface area (Å²) in [5.74, 6) is -0.798. The van der Waals surface area contributed by atoms with Gasteiger partial charge in [-0.1, -0.05) is 43.2 Å². The molecule has 2 aromatic rings. The first-order chi connectivity index (χ1) is 13.9. The summed E-state index contributed by atoms with van der Waals surface area (Å²) in [6, 6.07) is 12.1. The number of halogens is 1. The lowest BCUT2D eigenvalue weighted by molar-refractivity contribution is -0.139. The molecule has 1 amide bonds. The molecule has 2 aromatic carbocycles. The molecule has 0 saturated carbocycles. The number of ketones is 1. The number of unbranched alkanes of at least 4 members (excludes halogenated alkanes) is 1. The van der Waals surface area contributed by atoms with Gasteiger partial charge in [0.05, 0.1) is 23.2 Å². The Morgan fingerprint density at radius 1 is 1.21 bits per heavy atom. The summed E-state index contributed by atoms with van der Waals surface area (Å²) in [7, 11) is 1.55. The number of aliphatic hydroxyl groups is 1. The zero-order valence-electron chi connectivity index (χ0n) is 16.7. The molecule has 0 bridgehead atoms. The van der Waals surface area contributed by atoms with Crippen molar-refractivity contribution < 1.29 is 19.4 Å². The van der Waals surface area contributed by atoms with E-state index in [0.29, 0.717) is 22.3 Å². The van der Waals surface area contributed by atoms with Crippen molar-refractivity contribution in [2.75, 3.05) is 13.7 Å². The summed E-state index contributed by atoms with van der Waals surface area (Å²) in [5, 5.41) is 11.1. The number of rotatable bonds is 6. The van der Waals surface area contributed by atoms with E-state index in [9.17, 15) is 14.7 Å². The van der Waals surface area contributed by atoms with E-state index in [-0.39, 0.29) is 11.3 Å². The fourth-order valence-electron chi connectivity index (χ4n) is 3.60. The Labute approximate surface area is 179 Å². The van der Waals surface area contributed by atoms with Crippen LogP contribution >= 0.6 is 15.9 Å². The second kappa shape index (κ2) is 8.82. The first kappa shape index (κ1) is 21.1. The van der Waals surface area contributed by atoms with Crippen LogP contribution < -0.4 is 4.74 Å². The monoisotopic (exact) mass is 457 g/mol. The molecule has 1 fully saturated rings. The van der Waals surface area contributed by atoms with Gasteiger partial charge in [-0.3, -0.25) is 9.59 Å². The number of amides is 1. The van der Waals surface area contributed by atoms with E-state index in [4.69, 9.17) is 4.74 Å². The fourth-order valence-corrected chi connectivity index (χ4v) is 4.14. The van der Waals surface area contributed by atoms with Crippen molar-refractivity contribution >= 4 is 33.4 Å². The minimum absolute atomic E-state index is 0.119. The molecule has 6 heteroatoms. The number of aryl methyl sites for hydroxylation is 1. The molecule has 1 aliphatic heterocycles. The number of likely N-dealkylation sites (tertiary alicyclic amines) is 1. The van der Waals surface area contributed by atoms with Crippen LogP contribution in [0.5, 0.6) is 5.75 Å². The van der Waals surface area contributed by atoms with Crippen LogP contribution in [0.2, 0.25) is 0 Å². The van der Waals surface area contributed by atoms with Gasteiger partial charge in [0.15, 0.2) is 0 Å². The molecule has 0 aliphatic carbocycles. The minimum atomic E-state index is -0.656. The second-order valence-electron chi connectivity index (χ2n) is 7.11. The number of Topliss-reactive ketones (excluding diaryl/α,β-unsaturated/α-hetero) is 1. The highest BCUT2D eigenvalue weighted by Crippen LogP contribution is 2.40. The highest BCUT2D eigenvalue weighted by Gasteiger charge is 2.45. The van der Waals surface area contributed by atoms with Crippen molar-refractivity contribution in [2.45, 2.75) is 32.7 Å². The summed E-state index contributed by atoms with van der Waals surface area (Å²) < 4.78 is 5.88. The van der Waals surface area contributed by atoms with Crippen LogP contribution in [0.3, 0.4) is 0 Å². The Balaban J connectivity index is 2.17. The van der Waals surface area contributed by atoms with Gasteiger partial charge in [-0.15, -0.1) is 0 Å². The molecule has 1 heterocycles. The molecule has 29 heavy (non-hydrogen) atoms. The van der Waals surface area contributed by atoms with Gasteiger partial charge >= 0.3 is 0 Å². The molecule has 0 aromatic heterocycles. The molecular formula is C23H24BrNO4. The van der Waals surface area contributed by atoms with Crippen molar-refractivity contribution in [3.8, 4) is 5.75 Å². The predicted octanol–water partition coefficient (Wildman–Crippen LogP) is 4.99. The van der Waals surface area contributed by atoms with Gasteiger partial charge in [0, 0.05) is 12.1 Å². The van der Waals surface area contributed by atoms with Gasteiger partial charge in [0.1, 0.15) is 11.5 Å². The molecular weight excluding hydrogens is 434 g/mol. The maximum Gasteiger partial charge on any atom is 0.295 e. The zero-order chi connectivity index (χ0) is 21.1. The second-order valence-corrected chi connectivity index (χ2v) is 7.96. The van der Waals surface area contributed by atoms with Crippen LogP contribution in [0.25, 0.3) is 5.76 Å². The Bertz CT molecular complexity index is 983. The first-order valence-corrected chi connectivity index (χ1v) is 10.4. The van der Waals surface area contributed by atoms with Gasteiger partial charge in [-0.05, 0) is 53.0 Å². The number of nitrogens with zero attached hydrogens (tertiary/aromatic N) is 1. The third-order valence-electron chi connectivity index (χ3n) is 5.08. The van der Waals surface area contributed by atoms with Crippen molar-refractivity contribution in [3.63, 3.8) is 0 Å². The van der Waals surface area contributed by atoms with E-state index >= 15 is 0 Å². The lowest BCUT2D eigenvalue weighted by atomic mass is 9.94. The molecule has 5 nitrogen and oxygen atoms in total. The fraction of sp³-hybridized carbons (Fsp3) is 0.304. The third kappa shape index (κ3) is 4.08. The molecule has 0 spiro atoms. The number of methoxy groups -OCH3 is 1. The first-order valence-electron chi connectivity index (χ1n) is 9.58. The minimum Gasteiger partial charge on any atom is -0.507 e. The molecule has 1 aliphatic rings. The maximum atomic E-state index is 12.9. The molecule has 1 unspecified atom stereocenters. The van der Waals surface area contributed by atoms with Crippen LogP contribution in [0.1, 0.15) is 42.5 Å². The van der Waals surface area contributed by atoms with E-state index in [0.717, 1.165) is 24.0 Å². The highest BCUT2D eigenvalue weighted by molar-refractivity contribution is 9.10. The topological polar surface area (TPSA) is 66.8 Å². The van der Waals surface area contributed by atoms with E-state index in [1.165, 1.54) is 0 Å². The van der Waals surface area contributed by atoms with E-state index in [1.54, 1.807) is 30.2 Å². The van der Waals surface area contributed by atoms with Crippen LogP contribution in [0, 0.1) is 6.92 Å². The standard InChI is InChI=1S/C23H24BrNO4/c1-4-5-11-25-20(15-8-6-7-14(2)12-15)19(22(27)23(25)28)21(26)16-9-10-18(29-3)17(24)13-16/h6-10,12-13,20,26H,4-5,11H2,1-3H3/b21-19-. The van der Waals surface area contributed by atoms with Crippen LogP contribution in [0.4, 0.5) is 0 Å². The number of benzene rings is 2. The van der Waals surface area contributed by atoms with Gasteiger partial charge in [-0.25, -0.2) is 0 Å². The van der Waals surface area contributed by atoms with Gasteiger partial charge in [-0.2, -0.15) is 0 Å². The molecule has 1 N–H and O–H groups in total. The average Bonchev–Trinajstić information content (AvgIpc) is 2.96. The average molecular weight is 458 g/mol. The molecule has 1 saturated heterocycles.